The highest BCUT2D eigenvalue weighted by Gasteiger charge is 2.35. The van der Waals surface area contributed by atoms with Crippen LogP contribution in [-0.2, 0) is 6.42 Å². The van der Waals surface area contributed by atoms with Crippen LogP contribution in [0.15, 0.2) is 18.2 Å². The normalized spacial score (nSPS) is 26.7. The maximum Gasteiger partial charge on any atom is 0.123 e. The molecular weight excluding hydrogens is 263 g/mol. The Morgan fingerprint density at radius 3 is 2.90 bits per heavy atom. The summed E-state index contributed by atoms with van der Waals surface area (Å²) in [6, 6.07) is 6.07. The molecule has 0 spiro atoms. The van der Waals surface area contributed by atoms with E-state index in [0.29, 0.717) is 6.04 Å². The van der Waals surface area contributed by atoms with Crippen LogP contribution in [0.25, 0.3) is 0 Å². The van der Waals surface area contributed by atoms with E-state index < -0.39 is 0 Å². The van der Waals surface area contributed by atoms with Gasteiger partial charge >= 0.3 is 0 Å². The minimum atomic E-state index is -0.142. The van der Waals surface area contributed by atoms with Gasteiger partial charge in [-0.15, -0.1) is 0 Å². The maximum absolute atomic E-state index is 13.7. The van der Waals surface area contributed by atoms with Gasteiger partial charge in [0.15, 0.2) is 0 Å². The second-order valence-corrected chi connectivity index (χ2v) is 6.74. The van der Waals surface area contributed by atoms with Crippen LogP contribution >= 0.6 is 0 Å². The van der Waals surface area contributed by atoms with Gasteiger partial charge in [-0.3, -0.25) is 0 Å². The summed E-state index contributed by atoms with van der Waals surface area (Å²) in [4.78, 5) is 2.55. The lowest BCUT2D eigenvalue weighted by atomic mass is 9.90. The summed E-state index contributed by atoms with van der Waals surface area (Å²) in [5, 5.41) is 0. The Labute approximate surface area is 127 Å². The molecule has 116 valence electrons. The van der Waals surface area contributed by atoms with Crippen LogP contribution in [0, 0.1) is 11.7 Å². The van der Waals surface area contributed by atoms with Crippen molar-refractivity contribution in [3.05, 3.63) is 29.6 Å². The molecule has 0 amide bonds. The second kappa shape index (κ2) is 6.35. The topological polar surface area (TPSA) is 29.3 Å². The highest BCUT2D eigenvalue weighted by Crippen LogP contribution is 2.40. The minimum Gasteiger partial charge on any atom is -0.368 e. The summed E-state index contributed by atoms with van der Waals surface area (Å²) in [6.07, 6.45) is 8.34. The molecule has 2 fully saturated rings. The Hall–Kier alpha value is -1.09. The van der Waals surface area contributed by atoms with E-state index >= 15 is 0 Å². The quantitative estimate of drug-likeness (QED) is 0.912. The first-order valence-corrected chi connectivity index (χ1v) is 8.49. The summed E-state index contributed by atoms with van der Waals surface area (Å²) in [5.74, 6) is 0.702. The highest BCUT2D eigenvalue weighted by molar-refractivity contribution is 5.55. The molecule has 0 radical (unpaired) electrons. The third-order valence-electron chi connectivity index (χ3n) is 5.35. The fraction of sp³-hybridized carbons (Fsp3) is 0.667. The predicted octanol–water partition coefficient (Wildman–Crippen LogP) is 3.87. The van der Waals surface area contributed by atoms with Crippen molar-refractivity contribution in [1.29, 1.82) is 0 Å². The van der Waals surface area contributed by atoms with Crippen LogP contribution < -0.4 is 10.6 Å². The Morgan fingerprint density at radius 1 is 1.29 bits per heavy atom. The Kier molecular flexibility index (Phi) is 4.48. The number of fused-ring (bicyclic) bond motifs is 1. The van der Waals surface area contributed by atoms with Gasteiger partial charge in [-0.2, -0.15) is 0 Å². The maximum atomic E-state index is 13.7. The number of hydrogen-bond acceptors (Lipinski definition) is 2. The first-order chi connectivity index (χ1) is 10.2. The highest BCUT2D eigenvalue weighted by atomic mass is 19.1. The van der Waals surface area contributed by atoms with Gasteiger partial charge in [0, 0.05) is 24.3 Å². The number of nitrogens with two attached hydrogens (primary N) is 1. The molecule has 1 heterocycles. The van der Waals surface area contributed by atoms with Crippen LogP contribution in [0.4, 0.5) is 10.1 Å². The molecule has 1 aliphatic heterocycles. The van der Waals surface area contributed by atoms with E-state index in [1.807, 2.05) is 6.07 Å². The number of nitrogens with zero attached hydrogens (tertiary/aromatic N) is 1. The first-order valence-electron chi connectivity index (χ1n) is 8.49. The number of halogens is 1. The Bertz CT molecular complexity index is 488. The summed E-state index contributed by atoms with van der Waals surface area (Å²) in [6.45, 7) is 3.21. The molecule has 21 heavy (non-hydrogen) atoms. The number of anilines is 1. The molecule has 0 bridgehead atoms. The molecule has 2 nitrogen and oxygen atoms in total. The molecule has 1 saturated heterocycles. The summed E-state index contributed by atoms with van der Waals surface area (Å²) in [5.41, 5.74) is 8.45. The lowest BCUT2D eigenvalue weighted by Crippen LogP contribution is -2.43. The van der Waals surface area contributed by atoms with Crippen molar-refractivity contribution >= 4 is 5.69 Å². The summed E-state index contributed by atoms with van der Waals surface area (Å²) >= 11 is 0. The Morgan fingerprint density at radius 2 is 2.10 bits per heavy atom. The van der Waals surface area contributed by atoms with Crippen molar-refractivity contribution in [2.24, 2.45) is 11.7 Å². The predicted molar refractivity (Wildman–Crippen MR) is 86.1 cm³/mol. The SMILES string of the molecule is CCC(N)Cc1cc(F)ccc1N1CCCC2CCCC21. The minimum absolute atomic E-state index is 0.120. The zero-order valence-corrected chi connectivity index (χ0v) is 13.0. The largest absolute Gasteiger partial charge is 0.368 e. The zero-order chi connectivity index (χ0) is 14.8. The van der Waals surface area contributed by atoms with Crippen molar-refractivity contribution in [3.8, 4) is 0 Å². The molecule has 1 aromatic carbocycles. The lowest BCUT2D eigenvalue weighted by molar-refractivity contribution is 0.361. The molecule has 1 aliphatic carbocycles. The van der Waals surface area contributed by atoms with E-state index in [0.717, 1.165) is 30.9 Å². The summed E-state index contributed by atoms with van der Waals surface area (Å²) in [7, 11) is 0. The van der Waals surface area contributed by atoms with Crippen LogP contribution in [0.2, 0.25) is 0 Å². The van der Waals surface area contributed by atoms with Gasteiger partial charge in [-0.05, 0) is 68.2 Å². The van der Waals surface area contributed by atoms with E-state index in [1.54, 1.807) is 12.1 Å². The van der Waals surface area contributed by atoms with Crippen LogP contribution in [0.5, 0.6) is 0 Å². The third-order valence-corrected chi connectivity index (χ3v) is 5.35. The van der Waals surface area contributed by atoms with Gasteiger partial charge in [0.25, 0.3) is 0 Å². The third kappa shape index (κ3) is 3.08. The van der Waals surface area contributed by atoms with Crippen molar-refractivity contribution < 1.29 is 4.39 Å². The Balaban J connectivity index is 1.89. The second-order valence-electron chi connectivity index (χ2n) is 6.74. The average Bonchev–Trinajstić information content (AvgIpc) is 2.96. The number of piperidine rings is 1. The lowest BCUT2D eigenvalue weighted by Gasteiger charge is -2.40. The molecular formula is C18H27FN2. The van der Waals surface area contributed by atoms with Gasteiger partial charge in [-0.1, -0.05) is 13.3 Å². The van der Waals surface area contributed by atoms with E-state index in [-0.39, 0.29) is 11.9 Å². The van der Waals surface area contributed by atoms with Gasteiger partial charge in [0.05, 0.1) is 0 Å². The fourth-order valence-corrected chi connectivity index (χ4v) is 4.18. The van der Waals surface area contributed by atoms with Crippen LogP contribution in [-0.4, -0.2) is 18.6 Å². The zero-order valence-electron chi connectivity index (χ0n) is 13.0. The molecule has 1 aromatic rings. The van der Waals surface area contributed by atoms with Crippen molar-refractivity contribution in [2.45, 2.75) is 64.0 Å². The van der Waals surface area contributed by atoms with Crippen molar-refractivity contribution in [2.75, 3.05) is 11.4 Å². The molecule has 0 aromatic heterocycles. The summed E-state index contributed by atoms with van der Waals surface area (Å²) < 4.78 is 13.7. The number of hydrogen-bond donors (Lipinski definition) is 1. The average molecular weight is 290 g/mol. The fourth-order valence-electron chi connectivity index (χ4n) is 4.18. The van der Waals surface area contributed by atoms with Gasteiger partial charge in [0.1, 0.15) is 5.82 Å². The van der Waals surface area contributed by atoms with Crippen LogP contribution in [0.3, 0.4) is 0 Å². The number of benzene rings is 1. The number of rotatable bonds is 4. The smallest absolute Gasteiger partial charge is 0.123 e. The molecule has 3 heteroatoms. The van der Waals surface area contributed by atoms with E-state index in [2.05, 4.69) is 11.8 Å². The van der Waals surface area contributed by atoms with E-state index in [1.165, 1.54) is 37.8 Å². The molecule has 2 N–H and O–H groups in total. The van der Waals surface area contributed by atoms with Gasteiger partial charge in [-0.25, -0.2) is 4.39 Å². The molecule has 1 saturated carbocycles. The molecule has 3 rings (SSSR count). The molecule has 3 atom stereocenters. The van der Waals surface area contributed by atoms with E-state index in [9.17, 15) is 4.39 Å². The van der Waals surface area contributed by atoms with Gasteiger partial charge < -0.3 is 10.6 Å². The van der Waals surface area contributed by atoms with Crippen molar-refractivity contribution in [3.63, 3.8) is 0 Å². The first kappa shape index (κ1) is 14.8. The molecule has 3 unspecified atom stereocenters. The monoisotopic (exact) mass is 290 g/mol. The van der Waals surface area contributed by atoms with Gasteiger partial charge in [0.2, 0.25) is 0 Å². The molecule has 2 aliphatic rings. The van der Waals surface area contributed by atoms with Crippen LogP contribution in [0.1, 0.15) is 51.0 Å². The van der Waals surface area contributed by atoms with Crippen molar-refractivity contribution in [1.82, 2.24) is 0 Å². The van der Waals surface area contributed by atoms with E-state index in [4.69, 9.17) is 5.73 Å². The standard InChI is InChI=1S/C18H27FN2/c1-2-16(20)12-14-11-15(19)8-9-18(14)21-10-4-6-13-5-3-7-17(13)21/h8-9,11,13,16-17H,2-7,10,12,20H2,1H3.